The molecule has 0 aliphatic carbocycles. The lowest BCUT2D eigenvalue weighted by atomic mass is 10.0. The number of pyridine rings is 1. The maximum atomic E-state index is 13.0. The maximum absolute atomic E-state index is 13.0. The first-order valence-electron chi connectivity index (χ1n) is 10.6. The summed E-state index contributed by atoms with van der Waals surface area (Å²) in [6, 6.07) is 16.1. The van der Waals surface area contributed by atoms with Gasteiger partial charge in [0, 0.05) is 49.2 Å². The first kappa shape index (κ1) is 20.0. The number of benzene rings is 1. The smallest absolute Gasteiger partial charge is 0.256 e. The molecule has 1 aliphatic heterocycles. The summed E-state index contributed by atoms with van der Waals surface area (Å²) in [5.74, 6) is 1.23. The molecule has 4 rings (SSSR count). The average Bonchev–Trinajstić information content (AvgIpc) is 2.80. The molecule has 0 spiro atoms. The van der Waals surface area contributed by atoms with Crippen LogP contribution in [0.1, 0.15) is 42.2 Å². The van der Waals surface area contributed by atoms with Crippen LogP contribution in [0, 0.1) is 0 Å². The Kier molecular flexibility index (Phi) is 6.32. The van der Waals surface area contributed by atoms with E-state index in [2.05, 4.69) is 27.1 Å². The van der Waals surface area contributed by atoms with Crippen molar-refractivity contribution in [2.24, 2.45) is 0 Å². The third-order valence-corrected chi connectivity index (χ3v) is 5.51. The van der Waals surface area contributed by atoms with Gasteiger partial charge >= 0.3 is 0 Å². The molecule has 6 nitrogen and oxygen atoms in total. The van der Waals surface area contributed by atoms with E-state index in [1.807, 2.05) is 48.5 Å². The van der Waals surface area contributed by atoms with Crippen LogP contribution in [-0.4, -0.2) is 40.0 Å². The van der Waals surface area contributed by atoms with Crippen molar-refractivity contribution in [3.63, 3.8) is 0 Å². The van der Waals surface area contributed by atoms with Gasteiger partial charge in [-0.15, -0.1) is 0 Å². The number of hydrogen-bond donors (Lipinski definition) is 1. The Bertz CT molecular complexity index is 977. The Morgan fingerprint density at radius 2 is 1.93 bits per heavy atom. The average molecular weight is 402 g/mol. The van der Waals surface area contributed by atoms with Gasteiger partial charge in [0.15, 0.2) is 5.82 Å². The molecule has 1 aromatic carbocycles. The van der Waals surface area contributed by atoms with Gasteiger partial charge in [-0.1, -0.05) is 36.4 Å². The van der Waals surface area contributed by atoms with Crippen LogP contribution in [0.5, 0.6) is 0 Å². The molecule has 0 radical (unpaired) electrons. The van der Waals surface area contributed by atoms with Gasteiger partial charge in [-0.05, 0) is 38.3 Å². The molecule has 1 N–H and O–H groups in total. The van der Waals surface area contributed by atoms with Crippen molar-refractivity contribution in [2.75, 3.05) is 18.0 Å². The molecule has 1 aliphatic rings. The monoisotopic (exact) mass is 401 g/mol. The summed E-state index contributed by atoms with van der Waals surface area (Å²) in [4.78, 5) is 28.9. The molecule has 1 fully saturated rings. The van der Waals surface area contributed by atoms with Crippen LogP contribution < -0.4 is 10.2 Å². The normalized spacial score (nSPS) is 16.3. The van der Waals surface area contributed by atoms with E-state index in [9.17, 15) is 4.79 Å². The van der Waals surface area contributed by atoms with Crippen LogP contribution in [0.2, 0.25) is 0 Å². The predicted octanol–water partition coefficient (Wildman–Crippen LogP) is 3.89. The maximum Gasteiger partial charge on any atom is 0.256 e. The Morgan fingerprint density at radius 1 is 1.10 bits per heavy atom. The van der Waals surface area contributed by atoms with E-state index in [0.29, 0.717) is 30.4 Å². The fourth-order valence-corrected chi connectivity index (χ4v) is 3.84. The van der Waals surface area contributed by atoms with Crippen LogP contribution in [0.4, 0.5) is 5.82 Å². The predicted molar refractivity (Wildman–Crippen MR) is 118 cm³/mol. The topological polar surface area (TPSA) is 71.0 Å². The number of nitrogens with zero attached hydrogens (tertiary/aromatic N) is 4. The van der Waals surface area contributed by atoms with Gasteiger partial charge in [0.25, 0.3) is 5.91 Å². The van der Waals surface area contributed by atoms with E-state index in [1.54, 1.807) is 12.4 Å². The van der Waals surface area contributed by atoms with E-state index in [4.69, 9.17) is 4.98 Å². The summed E-state index contributed by atoms with van der Waals surface area (Å²) in [6.07, 6.45) is 7.54. The van der Waals surface area contributed by atoms with Crippen molar-refractivity contribution < 1.29 is 4.79 Å². The lowest BCUT2D eigenvalue weighted by Crippen LogP contribution is -2.40. The number of nitrogens with one attached hydrogen (secondary N) is 1. The van der Waals surface area contributed by atoms with Crippen LogP contribution >= 0.6 is 0 Å². The molecule has 1 atom stereocenters. The molecule has 154 valence electrons. The van der Waals surface area contributed by atoms with Crippen LogP contribution in [0.15, 0.2) is 60.9 Å². The first-order chi connectivity index (χ1) is 14.7. The summed E-state index contributed by atoms with van der Waals surface area (Å²) < 4.78 is 0. The van der Waals surface area contributed by atoms with Gasteiger partial charge in [-0.2, -0.15) is 0 Å². The number of piperidine rings is 1. The number of carbonyl (C=O) groups excluding carboxylic acids is 1. The van der Waals surface area contributed by atoms with E-state index < -0.39 is 0 Å². The van der Waals surface area contributed by atoms with Crippen LogP contribution in [0.25, 0.3) is 11.4 Å². The second-order valence-corrected chi connectivity index (χ2v) is 7.66. The molecule has 30 heavy (non-hydrogen) atoms. The highest BCUT2D eigenvalue weighted by atomic mass is 16.1. The molecule has 3 aromatic rings. The molecular weight excluding hydrogens is 374 g/mol. The number of rotatable bonds is 6. The Hall–Kier alpha value is -3.28. The van der Waals surface area contributed by atoms with Crippen LogP contribution in [0.3, 0.4) is 0 Å². The van der Waals surface area contributed by atoms with Gasteiger partial charge in [0.05, 0.1) is 0 Å². The standard InChI is InChI=1S/C24H27N5O/c1-18-9-6-8-16-29(18)23-21(17-27-22(28-23)19-10-3-2-4-11-19)24(30)26-15-13-20-12-5-7-14-25-20/h2-5,7,10-12,14,17-18H,6,8-9,13,15-16H2,1H3,(H,26,30). The van der Waals surface area contributed by atoms with Gasteiger partial charge in [0.2, 0.25) is 0 Å². The Balaban J connectivity index is 1.58. The highest BCUT2D eigenvalue weighted by molar-refractivity contribution is 5.99. The lowest BCUT2D eigenvalue weighted by Gasteiger charge is -2.35. The van der Waals surface area contributed by atoms with Crippen molar-refractivity contribution in [1.82, 2.24) is 20.3 Å². The fraction of sp³-hybridized carbons (Fsp3) is 0.333. The van der Waals surface area contributed by atoms with Gasteiger partial charge in [0.1, 0.15) is 11.4 Å². The summed E-state index contributed by atoms with van der Waals surface area (Å²) in [5, 5.41) is 3.02. The minimum Gasteiger partial charge on any atom is -0.353 e. The number of anilines is 1. The van der Waals surface area contributed by atoms with Gasteiger partial charge in [-0.25, -0.2) is 9.97 Å². The second kappa shape index (κ2) is 9.48. The lowest BCUT2D eigenvalue weighted by molar-refractivity contribution is 0.0953. The Morgan fingerprint density at radius 3 is 2.70 bits per heavy atom. The number of hydrogen-bond acceptors (Lipinski definition) is 5. The molecular formula is C24H27N5O. The summed E-state index contributed by atoms with van der Waals surface area (Å²) in [6.45, 7) is 3.62. The SMILES string of the molecule is CC1CCCCN1c1nc(-c2ccccc2)ncc1C(=O)NCCc1ccccn1. The summed E-state index contributed by atoms with van der Waals surface area (Å²) in [5.41, 5.74) is 2.44. The largest absolute Gasteiger partial charge is 0.353 e. The number of carbonyl (C=O) groups is 1. The number of amides is 1. The zero-order valence-corrected chi connectivity index (χ0v) is 17.3. The van der Waals surface area contributed by atoms with E-state index in [1.165, 1.54) is 6.42 Å². The van der Waals surface area contributed by atoms with Gasteiger partial charge < -0.3 is 10.2 Å². The molecule has 0 saturated carbocycles. The van der Waals surface area contributed by atoms with Crippen molar-refractivity contribution in [2.45, 2.75) is 38.6 Å². The molecule has 1 unspecified atom stereocenters. The van der Waals surface area contributed by atoms with Gasteiger partial charge in [-0.3, -0.25) is 9.78 Å². The third-order valence-electron chi connectivity index (χ3n) is 5.51. The zero-order chi connectivity index (χ0) is 20.8. The minimum atomic E-state index is -0.140. The Labute approximate surface area is 177 Å². The van der Waals surface area contributed by atoms with Crippen molar-refractivity contribution in [3.05, 3.63) is 72.2 Å². The first-order valence-corrected chi connectivity index (χ1v) is 10.6. The van der Waals surface area contributed by atoms with Crippen molar-refractivity contribution in [1.29, 1.82) is 0 Å². The molecule has 1 saturated heterocycles. The highest BCUT2D eigenvalue weighted by Gasteiger charge is 2.25. The fourth-order valence-electron chi connectivity index (χ4n) is 3.84. The molecule has 2 aromatic heterocycles. The summed E-state index contributed by atoms with van der Waals surface area (Å²) >= 11 is 0. The van der Waals surface area contributed by atoms with E-state index >= 15 is 0 Å². The quantitative estimate of drug-likeness (QED) is 0.678. The minimum absolute atomic E-state index is 0.140. The molecule has 3 heterocycles. The zero-order valence-electron chi connectivity index (χ0n) is 17.3. The van der Waals surface area contributed by atoms with E-state index in [0.717, 1.165) is 36.5 Å². The number of aromatic nitrogens is 3. The van der Waals surface area contributed by atoms with Crippen LogP contribution in [-0.2, 0) is 6.42 Å². The second-order valence-electron chi connectivity index (χ2n) is 7.66. The highest BCUT2D eigenvalue weighted by Crippen LogP contribution is 2.28. The molecule has 0 bridgehead atoms. The van der Waals surface area contributed by atoms with Crippen molar-refractivity contribution >= 4 is 11.7 Å². The molecule has 6 heteroatoms. The van der Waals surface area contributed by atoms with Crippen molar-refractivity contribution in [3.8, 4) is 11.4 Å². The third kappa shape index (κ3) is 4.64. The summed E-state index contributed by atoms with van der Waals surface area (Å²) in [7, 11) is 0. The van der Waals surface area contributed by atoms with E-state index in [-0.39, 0.29) is 5.91 Å². The molecule has 1 amide bonds.